The lowest BCUT2D eigenvalue weighted by Crippen LogP contribution is -2.57. The molecule has 0 saturated carbocycles. The Morgan fingerprint density at radius 3 is 2.29 bits per heavy atom. The predicted octanol–water partition coefficient (Wildman–Crippen LogP) is 6.04. The maximum absolute atomic E-state index is 14.5. The van der Waals surface area contributed by atoms with Crippen molar-refractivity contribution in [2.24, 2.45) is 0 Å². The molecule has 1 atom stereocenters. The lowest BCUT2D eigenvalue weighted by atomic mass is 10.00. The first-order valence-electron chi connectivity index (χ1n) is 14.2. The van der Waals surface area contributed by atoms with Crippen LogP contribution in [0.15, 0.2) is 91.1 Å². The number of anilines is 1. The lowest BCUT2D eigenvalue weighted by molar-refractivity contribution is 0.00440. The summed E-state index contributed by atoms with van der Waals surface area (Å²) in [5, 5.41) is 0. The van der Waals surface area contributed by atoms with Gasteiger partial charge in [-0.1, -0.05) is 60.7 Å². The Morgan fingerprint density at radius 2 is 1.62 bits per heavy atom. The number of nitrogen functional groups attached to an aromatic ring is 1. The average molecular weight is 567 g/mol. The predicted molar refractivity (Wildman–Crippen MR) is 165 cm³/mol. The first-order chi connectivity index (χ1) is 20.1. The van der Waals surface area contributed by atoms with E-state index < -0.39 is 5.60 Å². The molecule has 2 N–H and O–H groups in total. The van der Waals surface area contributed by atoms with Crippen LogP contribution in [0.5, 0.6) is 5.75 Å². The Bertz CT molecular complexity index is 1540. The third-order valence-electron chi connectivity index (χ3n) is 7.37. The van der Waals surface area contributed by atoms with Gasteiger partial charge in [0, 0.05) is 31.9 Å². The summed E-state index contributed by atoms with van der Waals surface area (Å²) in [4.78, 5) is 31.1. The highest BCUT2D eigenvalue weighted by molar-refractivity contribution is 6.01. The van der Waals surface area contributed by atoms with E-state index in [1.54, 1.807) is 18.1 Å². The minimum Gasteiger partial charge on any atom is -0.497 e. The molecule has 0 bridgehead atoms. The fourth-order valence-electron chi connectivity index (χ4n) is 5.39. The molecule has 1 saturated heterocycles. The minimum atomic E-state index is -0.603. The fourth-order valence-corrected chi connectivity index (χ4v) is 5.39. The third-order valence-corrected chi connectivity index (χ3v) is 7.37. The zero-order valence-electron chi connectivity index (χ0n) is 24.6. The van der Waals surface area contributed by atoms with Gasteiger partial charge >= 0.3 is 6.09 Å². The molecule has 2 heterocycles. The Hall–Kier alpha value is -4.72. The number of piperazine rings is 1. The molecule has 4 aromatic rings. The molecule has 1 aliphatic heterocycles. The summed E-state index contributed by atoms with van der Waals surface area (Å²) in [7, 11) is 1.61. The van der Waals surface area contributed by atoms with Gasteiger partial charge in [0.2, 0.25) is 0 Å². The molecule has 0 unspecified atom stereocenters. The van der Waals surface area contributed by atoms with Crippen LogP contribution in [0.1, 0.15) is 36.7 Å². The molecule has 0 radical (unpaired) electrons. The summed E-state index contributed by atoms with van der Waals surface area (Å²) in [6, 6.07) is 27.0. The van der Waals surface area contributed by atoms with Crippen molar-refractivity contribution in [3.05, 3.63) is 102 Å². The quantitative estimate of drug-likeness (QED) is 0.288. The summed E-state index contributed by atoms with van der Waals surface area (Å²) >= 11 is 0. The van der Waals surface area contributed by atoms with Crippen molar-refractivity contribution in [1.29, 1.82) is 0 Å². The Labute approximate surface area is 247 Å². The number of rotatable bonds is 6. The van der Waals surface area contributed by atoms with Crippen molar-refractivity contribution in [2.45, 2.75) is 38.8 Å². The molecule has 1 fully saturated rings. The van der Waals surface area contributed by atoms with Crippen LogP contribution >= 0.6 is 0 Å². The van der Waals surface area contributed by atoms with Crippen molar-refractivity contribution < 1.29 is 19.1 Å². The first-order valence-corrected chi connectivity index (χ1v) is 14.2. The maximum Gasteiger partial charge on any atom is 0.410 e. The molecule has 42 heavy (non-hydrogen) atoms. The minimum absolute atomic E-state index is 0.0983. The summed E-state index contributed by atoms with van der Waals surface area (Å²) in [6.45, 7) is 6.72. The molecule has 0 spiro atoms. The SMILES string of the molecule is COc1ccc(N)c(-n2ccc(C(=O)N3CCN(C(=O)OC(C)(C)C)C[C@H]3Cc3ccccc3)c2-c2ccccc2)c1. The first kappa shape index (κ1) is 28.8. The molecule has 0 aliphatic carbocycles. The Balaban J connectivity index is 1.54. The van der Waals surface area contributed by atoms with Gasteiger partial charge < -0.3 is 29.6 Å². The number of ether oxygens (including phenoxy) is 2. The number of methoxy groups -OCH3 is 1. The molecular weight excluding hydrogens is 528 g/mol. The highest BCUT2D eigenvalue weighted by Crippen LogP contribution is 2.34. The molecule has 1 aromatic heterocycles. The van der Waals surface area contributed by atoms with E-state index in [2.05, 4.69) is 0 Å². The van der Waals surface area contributed by atoms with Crippen molar-refractivity contribution in [1.82, 2.24) is 14.4 Å². The van der Waals surface area contributed by atoms with Crippen molar-refractivity contribution in [3.8, 4) is 22.7 Å². The van der Waals surface area contributed by atoms with Crippen LogP contribution < -0.4 is 10.5 Å². The van der Waals surface area contributed by atoms with Crippen LogP contribution in [0.3, 0.4) is 0 Å². The molecule has 218 valence electrons. The van der Waals surface area contributed by atoms with Crippen LogP contribution in [0, 0.1) is 0 Å². The molecule has 8 nitrogen and oxygen atoms in total. The van der Waals surface area contributed by atoms with Crippen LogP contribution in [0.4, 0.5) is 10.5 Å². The number of aromatic nitrogens is 1. The maximum atomic E-state index is 14.5. The third kappa shape index (κ3) is 6.28. The largest absolute Gasteiger partial charge is 0.497 e. The van der Waals surface area contributed by atoms with E-state index in [0.29, 0.717) is 43.1 Å². The second-order valence-corrected chi connectivity index (χ2v) is 11.5. The van der Waals surface area contributed by atoms with Gasteiger partial charge in [0.15, 0.2) is 0 Å². The number of nitrogens with two attached hydrogens (primary N) is 1. The fraction of sp³-hybridized carbons (Fsp3) is 0.294. The Kier molecular flexibility index (Phi) is 8.24. The van der Waals surface area contributed by atoms with Crippen molar-refractivity contribution in [3.63, 3.8) is 0 Å². The second kappa shape index (κ2) is 12.0. The number of carbonyl (C=O) groups excluding carboxylic acids is 2. The molecular formula is C34H38N4O4. The van der Waals surface area contributed by atoms with Crippen molar-refractivity contribution >= 4 is 17.7 Å². The van der Waals surface area contributed by atoms with E-state index in [-0.39, 0.29) is 18.0 Å². The summed E-state index contributed by atoms with van der Waals surface area (Å²) < 4.78 is 13.1. The van der Waals surface area contributed by atoms with E-state index in [0.717, 1.165) is 22.5 Å². The van der Waals surface area contributed by atoms with E-state index in [1.165, 1.54) is 0 Å². The van der Waals surface area contributed by atoms with Gasteiger partial charge in [-0.2, -0.15) is 0 Å². The second-order valence-electron chi connectivity index (χ2n) is 11.5. The van der Waals surface area contributed by atoms with Gasteiger partial charge in [-0.25, -0.2) is 4.79 Å². The number of carbonyl (C=O) groups is 2. The summed E-state index contributed by atoms with van der Waals surface area (Å²) in [6.07, 6.45) is 2.12. The number of amides is 2. The monoisotopic (exact) mass is 566 g/mol. The smallest absolute Gasteiger partial charge is 0.410 e. The van der Waals surface area contributed by atoms with E-state index >= 15 is 0 Å². The van der Waals surface area contributed by atoms with Crippen LogP contribution in [0.25, 0.3) is 16.9 Å². The zero-order chi connectivity index (χ0) is 29.9. The van der Waals surface area contributed by atoms with Crippen LogP contribution in [-0.4, -0.2) is 64.8 Å². The molecule has 2 amide bonds. The normalized spacial score (nSPS) is 15.4. The van der Waals surface area contributed by atoms with E-state index in [1.807, 2.05) is 115 Å². The van der Waals surface area contributed by atoms with Crippen LogP contribution in [0.2, 0.25) is 0 Å². The highest BCUT2D eigenvalue weighted by atomic mass is 16.6. The van der Waals surface area contributed by atoms with Gasteiger partial charge in [0.05, 0.1) is 35.8 Å². The molecule has 5 rings (SSSR count). The topological polar surface area (TPSA) is 90.0 Å². The number of nitrogens with zero attached hydrogens (tertiary/aromatic N) is 3. The zero-order valence-corrected chi connectivity index (χ0v) is 24.6. The van der Waals surface area contributed by atoms with Gasteiger partial charge in [-0.3, -0.25) is 4.79 Å². The number of benzene rings is 3. The van der Waals surface area contributed by atoms with Gasteiger partial charge in [-0.15, -0.1) is 0 Å². The van der Waals surface area contributed by atoms with E-state index in [9.17, 15) is 9.59 Å². The molecule has 8 heteroatoms. The number of hydrogen-bond donors (Lipinski definition) is 1. The number of hydrogen-bond acceptors (Lipinski definition) is 5. The average Bonchev–Trinajstić information content (AvgIpc) is 3.42. The summed E-state index contributed by atoms with van der Waals surface area (Å²) in [5.41, 5.74) is 10.4. The van der Waals surface area contributed by atoms with E-state index in [4.69, 9.17) is 15.2 Å². The molecule has 3 aromatic carbocycles. The summed E-state index contributed by atoms with van der Waals surface area (Å²) in [5.74, 6) is 0.569. The van der Waals surface area contributed by atoms with Gasteiger partial charge in [0.25, 0.3) is 5.91 Å². The standard InChI is InChI=1S/C34H38N4O4/c1-34(2,3)42-33(40)36-19-20-37(26(23-36)21-24-11-7-5-8-12-24)32(39)28-17-18-38(31(28)25-13-9-6-10-14-25)30-22-27(41-4)15-16-29(30)35/h5-18,22,26H,19-21,23,35H2,1-4H3/t26-/m1/s1. The van der Waals surface area contributed by atoms with Crippen molar-refractivity contribution in [2.75, 3.05) is 32.5 Å². The van der Waals surface area contributed by atoms with Crippen LogP contribution in [-0.2, 0) is 11.2 Å². The molecule has 1 aliphatic rings. The van der Waals surface area contributed by atoms with Gasteiger partial charge in [-0.05, 0) is 56.5 Å². The Morgan fingerprint density at radius 1 is 0.929 bits per heavy atom. The van der Waals surface area contributed by atoms with Gasteiger partial charge in [0.1, 0.15) is 11.4 Å². The lowest BCUT2D eigenvalue weighted by Gasteiger charge is -2.42. The highest BCUT2D eigenvalue weighted by Gasteiger charge is 2.36.